The van der Waals surface area contributed by atoms with Gasteiger partial charge in [-0.15, -0.1) is 0 Å². The summed E-state index contributed by atoms with van der Waals surface area (Å²) in [5.74, 6) is 0.138. The van der Waals surface area contributed by atoms with E-state index >= 15 is 0 Å². The van der Waals surface area contributed by atoms with Gasteiger partial charge in [-0.2, -0.15) is 5.10 Å². The van der Waals surface area contributed by atoms with Crippen LogP contribution in [0.5, 0.6) is 0 Å². The minimum Gasteiger partial charge on any atom is -0.353 e. The molecule has 1 fully saturated rings. The van der Waals surface area contributed by atoms with E-state index in [2.05, 4.69) is 15.4 Å². The molecule has 1 N–H and O–H groups in total. The van der Waals surface area contributed by atoms with E-state index in [1.165, 1.54) is 21.6 Å². The number of nitrogens with zero attached hydrogens (tertiary/aromatic N) is 4. The summed E-state index contributed by atoms with van der Waals surface area (Å²) in [6, 6.07) is 10.3. The summed E-state index contributed by atoms with van der Waals surface area (Å²) in [4.78, 5) is 40.6. The van der Waals surface area contributed by atoms with Crippen LogP contribution in [-0.2, 0) is 17.9 Å². The lowest BCUT2D eigenvalue weighted by atomic mass is 10.2. The molecule has 0 spiro atoms. The molecule has 0 unspecified atom stereocenters. The monoisotopic (exact) mass is 365 g/mol. The van der Waals surface area contributed by atoms with Crippen molar-refractivity contribution in [2.75, 3.05) is 6.54 Å². The largest absolute Gasteiger partial charge is 0.353 e. The van der Waals surface area contributed by atoms with E-state index in [9.17, 15) is 14.4 Å². The van der Waals surface area contributed by atoms with Crippen LogP contribution in [0.3, 0.4) is 0 Å². The lowest BCUT2D eigenvalue weighted by Gasteiger charge is -2.09. The van der Waals surface area contributed by atoms with Gasteiger partial charge < -0.3 is 5.32 Å². The van der Waals surface area contributed by atoms with Crippen LogP contribution in [0.15, 0.2) is 52.3 Å². The summed E-state index contributed by atoms with van der Waals surface area (Å²) in [6.07, 6.45) is 3.59. The van der Waals surface area contributed by atoms with E-state index in [4.69, 9.17) is 0 Å². The van der Waals surface area contributed by atoms with Crippen molar-refractivity contribution in [3.8, 4) is 0 Å². The molecule has 1 amide bonds. The number of fused-ring (bicyclic) bond motifs is 1. The Balaban J connectivity index is 1.38. The fraction of sp³-hybridized carbons (Fsp3) is 0.316. The number of nitrogens with one attached hydrogen (secondary N) is 1. The summed E-state index contributed by atoms with van der Waals surface area (Å²) < 4.78 is 2.65. The first-order valence-corrected chi connectivity index (χ1v) is 8.91. The maximum absolute atomic E-state index is 12.4. The Morgan fingerprint density at radius 3 is 2.78 bits per heavy atom. The number of benzene rings is 1. The number of hydrogen-bond donors (Lipinski definition) is 1. The molecule has 0 atom stereocenters. The summed E-state index contributed by atoms with van der Waals surface area (Å²) in [7, 11) is 0. The highest BCUT2D eigenvalue weighted by Crippen LogP contribution is 2.38. The molecule has 1 saturated carbocycles. The van der Waals surface area contributed by atoms with E-state index in [1.54, 1.807) is 30.3 Å². The standard InChI is InChI=1S/C19H19N5O3/c25-17(11-23-12-21-16-4-2-1-3-14(16)19(23)27)20-9-10-24-18(26)8-7-15(22-24)13-5-6-13/h1-4,7-8,12-13H,5-6,9-11H2,(H,20,25). The number of rotatable bonds is 6. The normalized spacial score (nSPS) is 13.6. The number of amides is 1. The van der Waals surface area contributed by atoms with Crippen molar-refractivity contribution >= 4 is 16.8 Å². The highest BCUT2D eigenvalue weighted by atomic mass is 16.2. The van der Waals surface area contributed by atoms with Crippen molar-refractivity contribution < 1.29 is 4.79 Å². The van der Waals surface area contributed by atoms with Gasteiger partial charge in [0, 0.05) is 18.5 Å². The average molecular weight is 365 g/mol. The van der Waals surface area contributed by atoms with Crippen LogP contribution in [0.25, 0.3) is 10.9 Å². The molecular weight excluding hydrogens is 346 g/mol. The maximum atomic E-state index is 12.4. The van der Waals surface area contributed by atoms with Gasteiger partial charge >= 0.3 is 0 Å². The number of carbonyl (C=O) groups excluding carboxylic acids is 1. The zero-order valence-electron chi connectivity index (χ0n) is 14.7. The molecule has 0 saturated heterocycles. The number of para-hydroxylation sites is 1. The van der Waals surface area contributed by atoms with Crippen molar-refractivity contribution in [1.29, 1.82) is 0 Å². The van der Waals surface area contributed by atoms with Crippen molar-refractivity contribution in [3.63, 3.8) is 0 Å². The second kappa shape index (κ2) is 7.14. The van der Waals surface area contributed by atoms with Crippen molar-refractivity contribution in [2.45, 2.75) is 31.8 Å². The molecule has 0 bridgehead atoms. The van der Waals surface area contributed by atoms with Crippen LogP contribution in [0.1, 0.15) is 24.5 Å². The molecule has 8 heteroatoms. The quantitative estimate of drug-likeness (QED) is 0.691. The fourth-order valence-corrected chi connectivity index (χ4v) is 2.95. The summed E-state index contributed by atoms with van der Waals surface area (Å²) in [5.41, 5.74) is 1.07. The third-order valence-electron chi connectivity index (χ3n) is 4.57. The van der Waals surface area contributed by atoms with Gasteiger partial charge in [0.1, 0.15) is 6.54 Å². The van der Waals surface area contributed by atoms with E-state index in [0.29, 0.717) is 16.8 Å². The van der Waals surface area contributed by atoms with Crippen LogP contribution >= 0.6 is 0 Å². The average Bonchev–Trinajstić information content (AvgIpc) is 3.51. The van der Waals surface area contributed by atoms with Gasteiger partial charge in [0.2, 0.25) is 5.91 Å². The van der Waals surface area contributed by atoms with Crippen molar-refractivity contribution in [3.05, 3.63) is 69.1 Å². The van der Waals surface area contributed by atoms with Crippen LogP contribution in [0.4, 0.5) is 0 Å². The molecule has 2 aromatic heterocycles. The van der Waals surface area contributed by atoms with Gasteiger partial charge in [0.15, 0.2) is 0 Å². The first kappa shape index (κ1) is 17.1. The minimum atomic E-state index is -0.319. The van der Waals surface area contributed by atoms with Gasteiger partial charge in [0.25, 0.3) is 11.1 Å². The Morgan fingerprint density at radius 2 is 1.96 bits per heavy atom. The molecule has 1 aromatic carbocycles. The highest BCUT2D eigenvalue weighted by Gasteiger charge is 2.25. The van der Waals surface area contributed by atoms with Crippen molar-refractivity contribution in [1.82, 2.24) is 24.6 Å². The molecule has 1 aliphatic rings. The van der Waals surface area contributed by atoms with Gasteiger partial charge in [0.05, 0.1) is 29.5 Å². The van der Waals surface area contributed by atoms with Gasteiger partial charge in [-0.05, 0) is 31.0 Å². The Labute approximate surface area is 154 Å². The maximum Gasteiger partial charge on any atom is 0.266 e. The minimum absolute atomic E-state index is 0.124. The van der Waals surface area contributed by atoms with E-state index in [0.717, 1.165) is 18.5 Å². The number of hydrogen-bond acceptors (Lipinski definition) is 5. The predicted octanol–water partition coefficient (Wildman–Crippen LogP) is 0.647. The van der Waals surface area contributed by atoms with Crippen LogP contribution < -0.4 is 16.4 Å². The molecule has 0 radical (unpaired) electrons. The predicted molar refractivity (Wildman–Crippen MR) is 99.5 cm³/mol. The first-order chi connectivity index (χ1) is 13.1. The summed E-state index contributed by atoms with van der Waals surface area (Å²) >= 11 is 0. The Bertz CT molecular complexity index is 1110. The lowest BCUT2D eigenvalue weighted by molar-refractivity contribution is -0.121. The van der Waals surface area contributed by atoms with Crippen molar-refractivity contribution in [2.24, 2.45) is 0 Å². The van der Waals surface area contributed by atoms with E-state index < -0.39 is 0 Å². The molecule has 2 heterocycles. The Morgan fingerprint density at radius 1 is 1.15 bits per heavy atom. The number of carbonyl (C=O) groups is 1. The number of aromatic nitrogens is 4. The topological polar surface area (TPSA) is 98.9 Å². The van der Waals surface area contributed by atoms with E-state index in [-0.39, 0.29) is 36.7 Å². The molecule has 1 aliphatic carbocycles. The van der Waals surface area contributed by atoms with Gasteiger partial charge in [-0.1, -0.05) is 12.1 Å². The highest BCUT2D eigenvalue weighted by molar-refractivity contribution is 5.78. The molecule has 138 valence electrons. The van der Waals surface area contributed by atoms with Crippen LogP contribution in [0, 0.1) is 0 Å². The second-order valence-corrected chi connectivity index (χ2v) is 6.64. The SMILES string of the molecule is O=C(Cn1cnc2ccccc2c1=O)NCCn1nc(C2CC2)ccc1=O. The van der Waals surface area contributed by atoms with E-state index in [1.807, 2.05) is 0 Å². The zero-order valence-corrected chi connectivity index (χ0v) is 14.7. The van der Waals surface area contributed by atoms with Gasteiger partial charge in [-0.25, -0.2) is 9.67 Å². The third-order valence-corrected chi connectivity index (χ3v) is 4.57. The fourth-order valence-electron chi connectivity index (χ4n) is 2.95. The Hall–Kier alpha value is -3.29. The Kier molecular flexibility index (Phi) is 4.53. The summed E-state index contributed by atoms with van der Waals surface area (Å²) in [6.45, 7) is 0.423. The molecule has 3 aromatic rings. The van der Waals surface area contributed by atoms with Crippen LogP contribution in [0.2, 0.25) is 0 Å². The third kappa shape index (κ3) is 3.79. The zero-order chi connectivity index (χ0) is 18.8. The molecule has 27 heavy (non-hydrogen) atoms. The smallest absolute Gasteiger partial charge is 0.266 e. The van der Waals surface area contributed by atoms with Crippen LogP contribution in [-0.4, -0.2) is 31.8 Å². The molecule has 8 nitrogen and oxygen atoms in total. The summed E-state index contributed by atoms with van der Waals surface area (Å²) in [5, 5.41) is 7.54. The lowest BCUT2D eigenvalue weighted by Crippen LogP contribution is -2.36. The van der Waals surface area contributed by atoms with Gasteiger partial charge in [-0.3, -0.25) is 19.0 Å². The molecule has 4 rings (SSSR count). The molecular formula is C19H19N5O3. The molecule has 0 aliphatic heterocycles. The second-order valence-electron chi connectivity index (χ2n) is 6.64. The first-order valence-electron chi connectivity index (χ1n) is 8.91.